The third kappa shape index (κ3) is 3.36. The maximum absolute atomic E-state index is 12.8. The maximum atomic E-state index is 12.8. The molecule has 7 nitrogen and oxygen atoms in total. The predicted molar refractivity (Wildman–Crippen MR) is 99.8 cm³/mol. The molecule has 0 aliphatic carbocycles. The number of nitrogens with one attached hydrogen (secondary N) is 2. The van der Waals surface area contributed by atoms with Crippen molar-refractivity contribution >= 4 is 22.7 Å². The van der Waals surface area contributed by atoms with Gasteiger partial charge in [0.05, 0.1) is 23.5 Å². The number of carbonyl (C=O) groups is 2. The van der Waals surface area contributed by atoms with Crippen LogP contribution in [-0.4, -0.2) is 44.3 Å². The normalized spacial score (nSPS) is 16.7. The zero-order valence-corrected chi connectivity index (χ0v) is 14.6. The van der Waals surface area contributed by atoms with Gasteiger partial charge in [0.1, 0.15) is 5.75 Å². The van der Waals surface area contributed by atoms with Gasteiger partial charge in [0.15, 0.2) is 5.78 Å². The van der Waals surface area contributed by atoms with E-state index >= 15 is 0 Å². The third-order valence-electron chi connectivity index (χ3n) is 4.96. The first kappa shape index (κ1) is 17.1. The number of carbonyl (C=O) groups excluding carboxylic acids is 2. The largest absolute Gasteiger partial charge is 0.508 e. The number of fused-ring (bicyclic) bond motifs is 1. The smallest absolute Gasteiger partial charge is 0.323 e. The monoisotopic (exact) mass is 365 g/mol. The van der Waals surface area contributed by atoms with Crippen LogP contribution in [0.1, 0.15) is 28.8 Å². The summed E-state index contributed by atoms with van der Waals surface area (Å²) in [5, 5.41) is 9.38. The number of rotatable bonds is 4. The lowest BCUT2D eigenvalue weighted by Crippen LogP contribution is -2.41. The molecule has 1 aliphatic heterocycles. The first-order valence-corrected chi connectivity index (χ1v) is 8.85. The molecule has 1 amide bonds. The topological polar surface area (TPSA) is 106 Å². The first-order valence-electron chi connectivity index (χ1n) is 8.85. The van der Waals surface area contributed by atoms with E-state index in [0.717, 1.165) is 12.0 Å². The van der Waals surface area contributed by atoms with E-state index < -0.39 is 6.04 Å². The summed E-state index contributed by atoms with van der Waals surface area (Å²) in [7, 11) is 0. The molecule has 1 aromatic heterocycles. The van der Waals surface area contributed by atoms with Crippen LogP contribution >= 0.6 is 0 Å². The summed E-state index contributed by atoms with van der Waals surface area (Å²) >= 11 is 0. The van der Waals surface area contributed by atoms with Gasteiger partial charge in [-0.25, -0.2) is 4.79 Å². The van der Waals surface area contributed by atoms with E-state index in [-0.39, 0.29) is 29.6 Å². The minimum atomic E-state index is -0.474. The number of hydrogen-bond donors (Lipinski definition) is 3. The number of benzene rings is 2. The Hall–Kier alpha value is -3.35. The number of likely N-dealkylation sites (tertiary alicyclic amines) is 1. The summed E-state index contributed by atoms with van der Waals surface area (Å²) in [5.41, 5.74) is 2.34. The Morgan fingerprint density at radius 2 is 1.81 bits per heavy atom. The molecule has 1 atom stereocenters. The number of phenols is 1. The molecule has 138 valence electrons. The summed E-state index contributed by atoms with van der Waals surface area (Å²) in [6.07, 6.45) is 1.59. The highest BCUT2D eigenvalue weighted by Gasteiger charge is 2.34. The van der Waals surface area contributed by atoms with Crippen molar-refractivity contribution < 1.29 is 14.7 Å². The Kier molecular flexibility index (Phi) is 4.27. The van der Waals surface area contributed by atoms with Crippen LogP contribution in [0.3, 0.4) is 0 Å². The van der Waals surface area contributed by atoms with Crippen LogP contribution in [-0.2, 0) is 11.2 Å². The number of Topliss-reactive ketones (excluding diaryl/α,β-unsaturated/α-hetero) is 1. The molecule has 3 N–H and O–H groups in total. The number of nitrogens with zero attached hydrogens (tertiary/aromatic N) is 1. The Bertz CT molecular complexity index is 1060. The van der Waals surface area contributed by atoms with Crippen LogP contribution in [0.15, 0.2) is 47.3 Å². The predicted octanol–water partition coefficient (Wildman–Crippen LogP) is 1.98. The van der Waals surface area contributed by atoms with Gasteiger partial charge in [-0.2, -0.15) is 0 Å². The van der Waals surface area contributed by atoms with E-state index in [1.807, 2.05) is 0 Å². The molecule has 4 rings (SSSR count). The molecule has 2 heterocycles. The summed E-state index contributed by atoms with van der Waals surface area (Å²) in [6.45, 7) is 0.552. The van der Waals surface area contributed by atoms with Gasteiger partial charge in [0.2, 0.25) is 5.91 Å². The number of hydrogen-bond acceptors (Lipinski definition) is 4. The lowest BCUT2D eigenvalue weighted by molar-refractivity contribution is -0.130. The molecule has 0 saturated carbocycles. The fourth-order valence-corrected chi connectivity index (χ4v) is 3.62. The van der Waals surface area contributed by atoms with E-state index in [4.69, 9.17) is 0 Å². The number of imidazole rings is 1. The minimum absolute atomic E-state index is 0.101. The number of ketones is 1. The van der Waals surface area contributed by atoms with Gasteiger partial charge in [-0.1, -0.05) is 6.07 Å². The highest BCUT2D eigenvalue weighted by molar-refractivity contribution is 6.02. The van der Waals surface area contributed by atoms with Crippen molar-refractivity contribution in [2.75, 3.05) is 6.54 Å². The summed E-state index contributed by atoms with van der Waals surface area (Å²) in [6, 6.07) is 11.0. The Balaban J connectivity index is 1.51. The molecule has 27 heavy (non-hydrogen) atoms. The van der Waals surface area contributed by atoms with Crippen molar-refractivity contribution in [3.8, 4) is 5.75 Å². The third-order valence-corrected chi connectivity index (χ3v) is 4.96. The van der Waals surface area contributed by atoms with Crippen molar-refractivity contribution in [3.63, 3.8) is 0 Å². The van der Waals surface area contributed by atoms with E-state index in [1.54, 1.807) is 35.2 Å². The Morgan fingerprint density at radius 3 is 2.59 bits per heavy atom. The molecule has 0 spiro atoms. The van der Waals surface area contributed by atoms with Crippen LogP contribution in [0.4, 0.5) is 0 Å². The van der Waals surface area contributed by atoms with Crippen LogP contribution in [0, 0.1) is 0 Å². The zero-order valence-electron chi connectivity index (χ0n) is 14.6. The molecule has 1 saturated heterocycles. The molecule has 1 fully saturated rings. The van der Waals surface area contributed by atoms with Gasteiger partial charge in [-0.05, 0) is 54.8 Å². The Labute approximate surface area is 154 Å². The molecule has 3 aromatic rings. The number of phenolic OH excluding ortho intramolecular Hbond substituents is 1. The van der Waals surface area contributed by atoms with Crippen LogP contribution in [0.2, 0.25) is 0 Å². The van der Waals surface area contributed by atoms with E-state index in [0.29, 0.717) is 29.6 Å². The number of aromatic hydroxyl groups is 1. The average molecular weight is 365 g/mol. The van der Waals surface area contributed by atoms with E-state index in [1.165, 1.54) is 12.1 Å². The molecule has 2 aromatic carbocycles. The number of H-pyrrole nitrogens is 2. The van der Waals surface area contributed by atoms with Crippen molar-refractivity contribution in [1.82, 2.24) is 14.9 Å². The number of aromatic nitrogens is 2. The molecule has 1 unspecified atom stereocenters. The van der Waals surface area contributed by atoms with Gasteiger partial charge in [0, 0.05) is 12.1 Å². The molecule has 7 heteroatoms. The van der Waals surface area contributed by atoms with Gasteiger partial charge < -0.3 is 20.0 Å². The highest BCUT2D eigenvalue weighted by atomic mass is 16.3. The summed E-state index contributed by atoms with van der Waals surface area (Å²) in [5.74, 6) is -0.114. The van der Waals surface area contributed by atoms with Crippen molar-refractivity contribution in [3.05, 3.63) is 64.1 Å². The second kappa shape index (κ2) is 6.75. The Morgan fingerprint density at radius 1 is 1.07 bits per heavy atom. The molecular formula is C20H19N3O4. The minimum Gasteiger partial charge on any atom is -0.508 e. The molecule has 0 radical (unpaired) electrons. The second-order valence-electron chi connectivity index (χ2n) is 6.79. The van der Waals surface area contributed by atoms with Gasteiger partial charge in [-0.15, -0.1) is 0 Å². The lowest BCUT2D eigenvalue weighted by atomic mass is 10.0. The van der Waals surface area contributed by atoms with E-state index in [2.05, 4.69) is 9.97 Å². The second-order valence-corrected chi connectivity index (χ2v) is 6.79. The quantitative estimate of drug-likeness (QED) is 0.615. The fraction of sp³-hybridized carbons (Fsp3) is 0.250. The fourth-order valence-electron chi connectivity index (χ4n) is 3.62. The zero-order chi connectivity index (χ0) is 19.0. The van der Waals surface area contributed by atoms with Crippen molar-refractivity contribution in [1.29, 1.82) is 0 Å². The summed E-state index contributed by atoms with van der Waals surface area (Å²) in [4.78, 5) is 44.0. The molecular weight excluding hydrogens is 346 g/mol. The standard InChI is InChI=1S/C20H19N3O4/c24-14-6-4-13(5-7-14)19(26)17-2-1-9-23(17)18(25)11-12-3-8-15-16(10-12)22-20(27)21-15/h3-8,10,17,24H,1-2,9,11H2,(H2,21,22,27). The van der Waals surface area contributed by atoms with Gasteiger partial charge >= 0.3 is 5.69 Å². The van der Waals surface area contributed by atoms with Crippen molar-refractivity contribution in [2.24, 2.45) is 0 Å². The SMILES string of the molecule is O=C(c1ccc(O)cc1)C1CCCN1C(=O)Cc1ccc2[nH]c(=O)[nH]c2c1. The van der Waals surface area contributed by atoms with Gasteiger partial charge in [0.25, 0.3) is 0 Å². The van der Waals surface area contributed by atoms with Crippen LogP contribution in [0.25, 0.3) is 11.0 Å². The maximum Gasteiger partial charge on any atom is 0.323 e. The summed E-state index contributed by atoms with van der Waals surface area (Å²) < 4.78 is 0. The van der Waals surface area contributed by atoms with Gasteiger partial charge in [-0.3, -0.25) is 9.59 Å². The average Bonchev–Trinajstić information content (AvgIpc) is 3.27. The number of amides is 1. The van der Waals surface area contributed by atoms with Crippen LogP contribution in [0.5, 0.6) is 5.75 Å². The lowest BCUT2D eigenvalue weighted by Gasteiger charge is -2.24. The number of aromatic amines is 2. The van der Waals surface area contributed by atoms with Crippen molar-refractivity contribution in [2.45, 2.75) is 25.3 Å². The van der Waals surface area contributed by atoms with Crippen LogP contribution < -0.4 is 5.69 Å². The van der Waals surface area contributed by atoms with E-state index in [9.17, 15) is 19.5 Å². The molecule has 0 bridgehead atoms. The first-order chi connectivity index (χ1) is 13.0. The molecule has 1 aliphatic rings. The highest BCUT2D eigenvalue weighted by Crippen LogP contribution is 2.23.